The number of rotatable bonds is 6. The molecule has 2 aromatic heterocycles. The molecule has 31 heavy (non-hydrogen) atoms. The predicted molar refractivity (Wildman–Crippen MR) is 115 cm³/mol. The molecule has 2 aromatic carbocycles. The molecule has 0 saturated carbocycles. The molecule has 0 spiro atoms. The van der Waals surface area contributed by atoms with Crippen molar-refractivity contribution < 1.29 is 17.9 Å². The zero-order valence-corrected chi connectivity index (χ0v) is 17.3. The van der Waals surface area contributed by atoms with E-state index in [4.69, 9.17) is 4.74 Å². The summed E-state index contributed by atoms with van der Waals surface area (Å²) in [5.41, 5.74) is 1.40. The molecule has 8 heteroatoms. The Labute approximate surface area is 181 Å². The van der Waals surface area contributed by atoms with E-state index >= 15 is 0 Å². The van der Waals surface area contributed by atoms with Crippen LogP contribution in [-0.2, 0) is 12.8 Å². The number of alkyl halides is 3. The van der Waals surface area contributed by atoms with Crippen LogP contribution in [0.1, 0.15) is 23.7 Å². The second kappa shape index (κ2) is 8.77. The molecule has 158 valence electrons. The van der Waals surface area contributed by atoms with Gasteiger partial charge in [-0.3, -0.25) is 0 Å². The molecule has 4 rings (SSSR count). The molecule has 0 N–H and O–H groups in total. The summed E-state index contributed by atoms with van der Waals surface area (Å²) < 4.78 is 47.8. The van der Waals surface area contributed by atoms with Crippen molar-refractivity contribution in [1.29, 1.82) is 0 Å². The van der Waals surface area contributed by atoms with Crippen LogP contribution in [0.3, 0.4) is 0 Å². The van der Waals surface area contributed by atoms with Crippen molar-refractivity contribution in [3.8, 4) is 22.1 Å². The monoisotopic (exact) mass is 441 g/mol. The van der Waals surface area contributed by atoms with E-state index in [-0.39, 0.29) is 10.7 Å². The Balaban J connectivity index is 1.66. The third-order valence-corrected chi connectivity index (χ3v) is 5.30. The molecule has 0 saturated heterocycles. The van der Waals surface area contributed by atoms with Crippen LogP contribution >= 0.6 is 11.3 Å². The Hall–Kier alpha value is -3.39. The summed E-state index contributed by atoms with van der Waals surface area (Å²) in [5, 5.41) is 5.78. The Morgan fingerprint density at radius 3 is 2.55 bits per heavy atom. The number of hydrogen-bond donors (Lipinski definition) is 0. The Morgan fingerprint density at radius 2 is 1.81 bits per heavy atom. The lowest BCUT2D eigenvalue weighted by Gasteiger charge is -2.11. The van der Waals surface area contributed by atoms with Gasteiger partial charge in [-0.2, -0.15) is 18.3 Å². The molecule has 0 aliphatic rings. The van der Waals surface area contributed by atoms with Crippen LogP contribution in [0.5, 0.6) is 5.75 Å². The van der Waals surface area contributed by atoms with E-state index < -0.39 is 11.9 Å². The minimum absolute atomic E-state index is 0.00153. The van der Waals surface area contributed by atoms with Crippen molar-refractivity contribution >= 4 is 17.4 Å². The molecule has 0 unspecified atom stereocenters. The first-order valence-electron chi connectivity index (χ1n) is 9.47. The summed E-state index contributed by atoms with van der Waals surface area (Å²) in [6, 6.07) is 17.0. The smallest absolute Gasteiger partial charge is 0.434 e. The minimum Gasteiger partial charge on any atom is -0.488 e. The van der Waals surface area contributed by atoms with Crippen LogP contribution in [0.2, 0.25) is 0 Å². The van der Waals surface area contributed by atoms with Gasteiger partial charge in [0.15, 0.2) is 5.69 Å². The van der Waals surface area contributed by atoms with E-state index in [2.05, 4.69) is 10.1 Å². The molecule has 0 atom stereocenters. The topological polar surface area (TPSA) is 39.9 Å². The van der Waals surface area contributed by atoms with Gasteiger partial charge in [-0.1, -0.05) is 54.6 Å². The number of halogens is 3. The van der Waals surface area contributed by atoms with Crippen molar-refractivity contribution in [3.05, 3.63) is 89.1 Å². The highest BCUT2D eigenvalue weighted by molar-refractivity contribution is 7.12. The highest BCUT2D eigenvalue weighted by Crippen LogP contribution is 2.37. The third-order valence-electron chi connectivity index (χ3n) is 4.49. The molecule has 0 aliphatic carbocycles. The second-order valence-electron chi connectivity index (χ2n) is 6.64. The first-order valence-corrected chi connectivity index (χ1v) is 10.4. The van der Waals surface area contributed by atoms with E-state index in [1.54, 1.807) is 18.4 Å². The zero-order chi connectivity index (χ0) is 21.8. The Kier molecular flexibility index (Phi) is 5.90. The fourth-order valence-corrected chi connectivity index (χ4v) is 3.90. The summed E-state index contributed by atoms with van der Waals surface area (Å²) in [6.45, 7) is 2.03. The highest BCUT2D eigenvalue weighted by Gasteiger charge is 2.38. The van der Waals surface area contributed by atoms with E-state index in [1.807, 2.05) is 54.6 Å². The highest BCUT2D eigenvalue weighted by atomic mass is 32.1. The number of ether oxygens (including phenoxy) is 1. The number of allylic oxidation sites excluding steroid dienone is 1. The first kappa shape index (κ1) is 20.9. The Bertz CT molecular complexity index is 1200. The standard InChI is InChI=1S/C23H18F3N3OS/c1-2-8-17-13-27-29(21(17)23(24,25)26)22-28-19(15-31-22)18-11-6-7-12-20(18)30-14-16-9-4-3-5-10-16/h2-13,15H,14H2,1H3. The van der Waals surface area contributed by atoms with Crippen LogP contribution in [0.15, 0.2) is 72.3 Å². The summed E-state index contributed by atoms with van der Waals surface area (Å²) in [7, 11) is 0. The number of hydrogen-bond acceptors (Lipinski definition) is 4. The predicted octanol–water partition coefficient (Wildman–Crippen LogP) is 6.63. The van der Waals surface area contributed by atoms with Gasteiger partial charge in [-0.05, 0) is 24.6 Å². The van der Waals surface area contributed by atoms with Gasteiger partial charge in [0.25, 0.3) is 0 Å². The lowest BCUT2D eigenvalue weighted by Crippen LogP contribution is -2.14. The number of aromatic nitrogens is 3. The molecule has 0 radical (unpaired) electrons. The summed E-state index contributed by atoms with van der Waals surface area (Å²) in [4.78, 5) is 4.43. The largest absolute Gasteiger partial charge is 0.488 e. The fraction of sp³-hybridized carbons (Fsp3) is 0.130. The second-order valence-corrected chi connectivity index (χ2v) is 7.48. The van der Waals surface area contributed by atoms with Crippen LogP contribution in [0, 0.1) is 0 Å². The lowest BCUT2D eigenvalue weighted by atomic mass is 10.1. The van der Waals surface area contributed by atoms with Gasteiger partial charge in [0.2, 0.25) is 5.13 Å². The van der Waals surface area contributed by atoms with Gasteiger partial charge in [0.1, 0.15) is 12.4 Å². The summed E-state index contributed by atoms with van der Waals surface area (Å²) >= 11 is 1.09. The third kappa shape index (κ3) is 4.54. The van der Waals surface area contributed by atoms with E-state index in [0.29, 0.717) is 23.6 Å². The molecule has 4 nitrogen and oxygen atoms in total. The lowest BCUT2D eigenvalue weighted by molar-refractivity contribution is -0.142. The van der Waals surface area contributed by atoms with Crippen molar-refractivity contribution in [3.63, 3.8) is 0 Å². The molecule has 0 amide bonds. The molecule has 2 heterocycles. The van der Waals surface area contributed by atoms with Crippen LogP contribution < -0.4 is 4.74 Å². The summed E-state index contributed by atoms with van der Waals surface area (Å²) in [6.07, 6.45) is -0.438. The maximum Gasteiger partial charge on any atom is 0.434 e. The van der Waals surface area contributed by atoms with Gasteiger partial charge < -0.3 is 4.74 Å². The number of benzene rings is 2. The van der Waals surface area contributed by atoms with Crippen LogP contribution in [-0.4, -0.2) is 14.8 Å². The molecular weight excluding hydrogens is 423 g/mol. The average molecular weight is 441 g/mol. The molecular formula is C23H18F3N3OS. The molecule has 4 aromatic rings. The van der Waals surface area contributed by atoms with Crippen LogP contribution in [0.4, 0.5) is 13.2 Å². The molecule has 0 bridgehead atoms. The number of thiazole rings is 1. The van der Waals surface area contributed by atoms with E-state index in [9.17, 15) is 13.2 Å². The van der Waals surface area contributed by atoms with Gasteiger partial charge in [0, 0.05) is 16.5 Å². The minimum atomic E-state index is -4.56. The van der Waals surface area contributed by atoms with Crippen molar-refractivity contribution in [2.24, 2.45) is 0 Å². The summed E-state index contributed by atoms with van der Waals surface area (Å²) in [5.74, 6) is 0.606. The average Bonchev–Trinajstić information content (AvgIpc) is 3.40. The number of para-hydroxylation sites is 1. The van der Waals surface area contributed by atoms with Gasteiger partial charge in [0.05, 0.1) is 11.9 Å². The van der Waals surface area contributed by atoms with Gasteiger partial charge in [-0.15, -0.1) is 11.3 Å². The van der Waals surface area contributed by atoms with Crippen molar-refractivity contribution in [2.45, 2.75) is 19.7 Å². The SMILES string of the molecule is CC=Cc1cnn(-c2nc(-c3ccccc3OCc3ccccc3)cs2)c1C(F)(F)F. The van der Waals surface area contributed by atoms with E-state index in [0.717, 1.165) is 21.6 Å². The maximum absolute atomic E-state index is 13.7. The van der Waals surface area contributed by atoms with Gasteiger partial charge >= 0.3 is 6.18 Å². The first-order chi connectivity index (χ1) is 15.0. The molecule has 0 fully saturated rings. The van der Waals surface area contributed by atoms with Crippen LogP contribution in [0.25, 0.3) is 22.5 Å². The quantitative estimate of drug-likeness (QED) is 0.337. The van der Waals surface area contributed by atoms with Gasteiger partial charge in [-0.25, -0.2) is 9.67 Å². The normalized spacial score (nSPS) is 11.9. The van der Waals surface area contributed by atoms with Crippen molar-refractivity contribution in [1.82, 2.24) is 14.8 Å². The fourth-order valence-electron chi connectivity index (χ4n) is 3.12. The van der Waals surface area contributed by atoms with E-state index in [1.165, 1.54) is 12.3 Å². The van der Waals surface area contributed by atoms with Crippen molar-refractivity contribution in [2.75, 3.05) is 0 Å². The number of nitrogens with zero attached hydrogens (tertiary/aromatic N) is 3. The maximum atomic E-state index is 13.7. The molecule has 0 aliphatic heterocycles. The zero-order valence-electron chi connectivity index (χ0n) is 16.5. The Morgan fingerprint density at radius 1 is 1.06 bits per heavy atom.